The Labute approximate surface area is 575 Å². The lowest BCUT2D eigenvalue weighted by Crippen LogP contribution is -2.30. The van der Waals surface area contributed by atoms with Crippen LogP contribution in [0.25, 0.3) is 0 Å². The summed E-state index contributed by atoms with van der Waals surface area (Å²) in [4.78, 5) is 72.8. The highest BCUT2D eigenvalue weighted by molar-refractivity contribution is 7.47. The fourth-order valence-corrected chi connectivity index (χ4v) is 12.9. The molecule has 0 radical (unpaired) electrons. The first-order valence-corrected chi connectivity index (χ1v) is 41.8. The number of unbranched alkanes of at least 4 members (excludes halogenated alkanes) is 36. The van der Waals surface area contributed by atoms with Crippen LogP contribution in [0.1, 0.15) is 376 Å². The predicted molar refractivity (Wildman–Crippen MR) is 381 cm³/mol. The molecule has 0 fully saturated rings. The second-order valence-electron chi connectivity index (χ2n) is 28.5. The monoisotopic (exact) mass is 1380 g/mol. The number of phosphoric ester groups is 2. The molecule has 19 heteroatoms. The van der Waals surface area contributed by atoms with Crippen LogP contribution in [0.4, 0.5) is 0 Å². The number of hydrogen-bond donors (Lipinski definition) is 3. The third-order valence-electron chi connectivity index (χ3n) is 18.0. The van der Waals surface area contributed by atoms with Crippen molar-refractivity contribution in [3.63, 3.8) is 0 Å². The van der Waals surface area contributed by atoms with Crippen LogP contribution in [0, 0.1) is 23.7 Å². The third kappa shape index (κ3) is 66.0. The van der Waals surface area contributed by atoms with Gasteiger partial charge in [0, 0.05) is 25.7 Å². The van der Waals surface area contributed by atoms with E-state index in [0.717, 1.165) is 120 Å². The van der Waals surface area contributed by atoms with Crippen LogP contribution < -0.4 is 0 Å². The van der Waals surface area contributed by atoms with Crippen molar-refractivity contribution in [1.82, 2.24) is 0 Å². The summed E-state index contributed by atoms with van der Waals surface area (Å²) < 4.78 is 68.5. The van der Waals surface area contributed by atoms with Crippen molar-refractivity contribution in [3.8, 4) is 0 Å². The fraction of sp³-hybridized carbons (Fsp3) is 0.947. The Morgan fingerprint density at radius 2 is 0.511 bits per heavy atom. The Kier molecular flexibility index (Phi) is 63.1. The van der Waals surface area contributed by atoms with Gasteiger partial charge in [-0.3, -0.25) is 37.3 Å². The molecule has 0 spiro atoms. The van der Waals surface area contributed by atoms with Gasteiger partial charge < -0.3 is 33.8 Å². The molecule has 3 N–H and O–H groups in total. The van der Waals surface area contributed by atoms with E-state index in [0.29, 0.717) is 25.7 Å². The van der Waals surface area contributed by atoms with E-state index in [1.807, 2.05) is 0 Å². The Hall–Kier alpha value is -1.94. The summed E-state index contributed by atoms with van der Waals surface area (Å²) in [7, 11) is -9.91. The van der Waals surface area contributed by atoms with Crippen LogP contribution in [0.15, 0.2) is 0 Å². The average Bonchev–Trinajstić information content (AvgIpc) is 1.18. The number of rotatable bonds is 72. The molecular weight excluding hydrogens is 1230 g/mol. The van der Waals surface area contributed by atoms with Crippen LogP contribution >= 0.6 is 15.6 Å². The topological polar surface area (TPSA) is 237 Å². The lowest BCUT2D eigenvalue weighted by Gasteiger charge is -2.21. The zero-order valence-corrected chi connectivity index (χ0v) is 63.4. The van der Waals surface area contributed by atoms with Gasteiger partial charge in [-0.1, -0.05) is 325 Å². The first-order valence-electron chi connectivity index (χ1n) is 38.8. The molecule has 17 nitrogen and oxygen atoms in total. The minimum atomic E-state index is -4.96. The molecule has 0 saturated carbocycles. The lowest BCUT2D eigenvalue weighted by atomic mass is 9.99. The van der Waals surface area contributed by atoms with Crippen molar-refractivity contribution in [2.24, 2.45) is 23.7 Å². The first-order chi connectivity index (χ1) is 45.2. The van der Waals surface area contributed by atoms with Crippen molar-refractivity contribution in [3.05, 3.63) is 0 Å². The number of phosphoric acid groups is 2. The quantitative estimate of drug-likeness (QED) is 0.0222. The maximum Gasteiger partial charge on any atom is 0.472 e. The summed E-state index contributed by atoms with van der Waals surface area (Å²) in [6.45, 7) is 14.2. The average molecular weight is 1380 g/mol. The van der Waals surface area contributed by atoms with Crippen LogP contribution in [0.3, 0.4) is 0 Å². The van der Waals surface area contributed by atoms with Crippen LogP contribution in [-0.4, -0.2) is 96.7 Å². The predicted octanol–water partition coefficient (Wildman–Crippen LogP) is 21.7. The molecular formula is C75H146O17P2. The van der Waals surface area contributed by atoms with Gasteiger partial charge in [-0.25, -0.2) is 9.13 Å². The molecule has 0 aliphatic rings. The molecule has 7 atom stereocenters. The van der Waals surface area contributed by atoms with Gasteiger partial charge in [0.25, 0.3) is 0 Å². The molecule has 0 aromatic heterocycles. The van der Waals surface area contributed by atoms with E-state index >= 15 is 0 Å². The maximum absolute atomic E-state index is 13.1. The van der Waals surface area contributed by atoms with E-state index < -0.39 is 97.5 Å². The number of ether oxygens (including phenoxy) is 4. The molecule has 0 bridgehead atoms. The first kappa shape index (κ1) is 92.1. The Morgan fingerprint density at radius 3 is 0.755 bits per heavy atom. The molecule has 558 valence electrons. The standard InChI is InChI=1S/C75H146O17P2/c1-9-67(7)53-45-37-29-23-18-19-25-32-42-50-58-75(80)92-71(62-86-73(78)56-48-40-34-33-38-46-54-68(8)10-2)64-90-94(83,84)88-60-69(76)59-87-93(81,82)89-63-70(61-85-72(77)55-47-39-30-26-20-22-28-36-44-52-66(5)6)91-74(79)57-49-41-31-24-17-15-13-11-12-14-16-21-27-35-43-51-65(3)4/h65-71,76H,9-64H2,1-8H3,(H,81,82)(H,83,84)/t67?,68?,69-,70-,71-/m1/s1. The summed E-state index contributed by atoms with van der Waals surface area (Å²) in [6.07, 6.45) is 48.5. The summed E-state index contributed by atoms with van der Waals surface area (Å²) in [5, 5.41) is 10.6. The second kappa shape index (κ2) is 64.4. The third-order valence-corrected chi connectivity index (χ3v) is 19.9. The van der Waals surface area contributed by atoms with E-state index in [9.17, 15) is 43.2 Å². The minimum absolute atomic E-state index is 0.105. The number of aliphatic hydroxyl groups excluding tert-OH is 1. The van der Waals surface area contributed by atoms with Gasteiger partial charge in [0.1, 0.15) is 19.3 Å². The zero-order chi connectivity index (χ0) is 69.6. The zero-order valence-electron chi connectivity index (χ0n) is 61.6. The van der Waals surface area contributed by atoms with E-state index in [2.05, 4.69) is 55.4 Å². The van der Waals surface area contributed by atoms with E-state index in [-0.39, 0.29) is 25.7 Å². The largest absolute Gasteiger partial charge is 0.472 e. The SMILES string of the molecule is CCC(C)CCCCCCCCCCCCC(=O)O[C@H](COC(=O)CCCCCCCCC(C)CC)COP(=O)(O)OC[C@H](O)COP(=O)(O)OC[C@@H](COC(=O)CCCCCCCCCCCC(C)C)OC(=O)CCCCCCCCCCCCCCCCCC(C)C. The molecule has 0 rings (SSSR count). The fourth-order valence-electron chi connectivity index (χ4n) is 11.3. The van der Waals surface area contributed by atoms with Gasteiger partial charge in [0.15, 0.2) is 12.2 Å². The number of aliphatic hydroxyl groups is 1. The highest BCUT2D eigenvalue weighted by atomic mass is 31.2. The summed E-state index contributed by atoms with van der Waals surface area (Å²) >= 11 is 0. The molecule has 4 unspecified atom stereocenters. The van der Waals surface area contributed by atoms with Crippen molar-refractivity contribution < 1.29 is 80.2 Å². The summed E-state index contributed by atoms with van der Waals surface area (Å²) in [5.41, 5.74) is 0. The summed E-state index contributed by atoms with van der Waals surface area (Å²) in [6, 6.07) is 0. The van der Waals surface area contributed by atoms with Crippen molar-refractivity contribution in [2.45, 2.75) is 395 Å². The highest BCUT2D eigenvalue weighted by Gasteiger charge is 2.30. The number of esters is 4. The Morgan fingerprint density at radius 1 is 0.298 bits per heavy atom. The van der Waals surface area contributed by atoms with Gasteiger partial charge >= 0.3 is 39.5 Å². The number of hydrogen-bond acceptors (Lipinski definition) is 15. The number of carbonyl (C=O) groups is 4. The Bertz CT molecular complexity index is 1850. The van der Waals surface area contributed by atoms with Gasteiger partial charge in [-0.15, -0.1) is 0 Å². The van der Waals surface area contributed by atoms with Crippen molar-refractivity contribution in [2.75, 3.05) is 39.6 Å². The normalized spacial score (nSPS) is 14.7. The van der Waals surface area contributed by atoms with Crippen molar-refractivity contribution >= 4 is 39.5 Å². The Balaban J connectivity index is 5.25. The van der Waals surface area contributed by atoms with Gasteiger partial charge in [0.2, 0.25) is 0 Å². The van der Waals surface area contributed by atoms with Crippen LogP contribution in [0.5, 0.6) is 0 Å². The molecule has 0 heterocycles. The van der Waals surface area contributed by atoms with Gasteiger partial charge in [0.05, 0.1) is 26.4 Å². The molecule has 94 heavy (non-hydrogen) atoms. The second-order valence-corrected chi connectivity index (χ2v) is 31.4. The molecule has 0 aromatic carbocycles. The highest BCUT2D eigenvalue weighted by Crippen LogP contribution is 2.45. The molecule has 0 amide bonds. The van der Waals surface area contributed by atoms with E-state index in [1.54, 1.807) is 0 Å². The van der Waals surface area contributed by atoms with Crippen molar-refractivity contribution in [1.29, 1.82) is 0 Å². The lowest BCUT2D eigenvalue weighted by molar-refractivity contribution is -0.161. The van der Waals surface area contributed by atoms with Gasteiger partial charge in [-0.05, 0) is 49.4 Å². The minimum Gasteiger partial charge on any atom is -0.462 e. The van der Waals surface area contributed by atoms with Crippen LogP contribution in [-0.2, 0) is 65.4 Å². The van der Waals surface area contributed by atoms with Crippen LogP contribution in [0.2, 0.25) is 0 Å². The maximum atomic E-state index is 13.1. The van der Waals surface area contributed by atoms with E-state index in [1.165, 1.54) is 173 Å². The molecule has 0 aliphatic heterocycles. The smallest absolute Gasteiger partial charge is 0.462 e. The molecule has 0 aromatic rings. The number of carbonyl (C=O) groups excluding carboxylic acids is 4. The van der Waals surface area contributed by atoms with E-state index in [4.69, 9.17) is 37.0 Å². The molecule has 0 aliphatic carbocycles. The molecule has 0 saturated heterocycles. The summed E-state index contributed by atoms with van der Waals surface area (Å²) in [5.74, 6) is 0.957. The van der Waals surface area contributed by atoms with Gasteiger partial charge in [-0.2, -0.15) is 0 Å².